The Kier molecular flexibility index (Phi) is 7.88. The van der Waals surface area contributed by atoms with Gasteiger partial charge in [0.1, 0.15) is 0 Å². The van der Waals surface area contributed by atoms with E-state index in [0.29, 0.717) is 18.9 Å². The minimum Gasteiger partial charge on any atom is -0.352 e. The van der Waals surface area contributed by atoms with E-state index in [9.17, 15) is 4.79 Å². The summed E-state index contributed by atoms with van der Waals surface area (Å²) in [6, 6.07) is 0.185. The van der Waals surface area contributed by atoms with E-state index in [0.717, 1.165) is 0 Å². The number of rotatable bonds is 4. The molecule has 1 fully saturated rings. The molecule has 1 atom stereocenters. The SMILES string of the molecule is CC(C)(C)CC(=O)NC(CN)C1CCCCC1.Cl. The van der Waals surface area contributed by atoms with E-state index in [4.69, 9.17) is 5.73 Å². The van der Waals surface area contributed by atoms with Crippen molar-refractivity contribution in [2.24, 2.45) is 17.1 Å². The minimum atomic E-state index is 0. The van der Waals surface area contributed by atoms with Crippen molar-refractivity contribution < 1.29 is 4.79 Å². The summed E-state index contributed by atoms with van der Waals surface area (Å²) < 4.78 is 0. The predicted molar refractivity (Wildman–Crippen MR) is 78.9 cm³/mol. The Balaban J connectivity index is 0.00000289. The topological polar surface area (TPSA) is 55.1 Å². The molecule has 0 bridgehead atoms. The van der Waals surface area contributed by atoms with Gasteiger partial charge in [-0.15, -0.1) is 12.4 Å². The Morgan fingerprint density at radius 3 is 2.28 bits per heavy atom. The molecular weight excluding hydrogens is 248 g/mol. The van der Waals surface area contributed by atoms with E-state index in [1.807, 2.05) is 0 Å². The first-order valence-electron chi connectivity index (χ1n) is 6.92. The van der Waals surface area contributed by atoms with E-state index in [-0.39, 0.29) is 29.8 Å². The first-order valence-corrected chi connectivity index (χ1v) is 6.92. The molecule has 3 N–H and O–H groups in total. The highest BCUT2D eigenvalue weighted by Crippen LogP contribution is 2.26. The van der Waals surface area contributed by atoms with Gasteiger partial charge in [0.2, 0.25) is 5.91 Å². The first-order chi connectivity index (χ1) is 7.92. The molecule has 1 unspecified atom stereocenters. The molecule has 1 aliphatic carbocycles. The van der Waals surface area contributed by atoms with Gasteiger partial charge >= 0.3 is 0 Å². The molecule has 0 radical (unpaired) electrons. The fraction of sp³-hybridized carbons (Fsp3) is 0.929. The second-order valence-corrected chi connectivity index (χ2v) is 6.55. The third kappa shape index (κ3) is 6.60. The third-order valence-corrected chi connectivity index (χ3v) is 3.51. The molecule has 1 amide bonds. The standard InChI is InChI=1S/C14H28N2O.ClH/c1-14(2,3)9-13(17)16-12(10-15)11-7-5-4-6-8-11;/h11-12H,4-10,15H2,1-3H3,(H,16,17);1H. The number of nitrogens with two attached hydrogens (primary N) is 1. The van der Waals surface area contributed by atoms with Crippen LogP contribution in [-0.2, 0) is 4.79 Å². The van der Waals surface area contributed by atoms with Gasteiger partial charge < -0.3 is 11.1 Å². The smallest absolute Gasteiger partial charge is 0.220 e. The highest BCUT2D eigenvalue weighted by atomic mass is 35.5. The molecular formula is C14H29ClN2O. The molecule has 0 aliphatic heterocycles. The largest absolute Gasteiger partial charge is 0.352 e. The summed E-state index contributed by atoms with van der Waals surface area (Å²) in [6.45, 7) is 6.83. The maximum Gasteiger partial charge on any atom is 0.220 e. The van der Waals surface area contributed by atoms with Crippen molar-refractivity contribution in [3.8, 4) is 0 Å². The van der Waals surface area contributed by atoms with Crippen LogP contribution in [0.25, 0.3) is 0 Å². The van der Waals surface area contributed by atoms with Gasteiger partial charge in [-0.05, 0) is 24.2 Å². The number of carbonyl (C=O) groups is 1. The van der Waals surface area contributed by atoms with Gasteiger partial charge in [-0.2, -0.15) is 0 Å². The van der Waals surface area contributed by atoms with Crippen molar-refractivity contribution in [2.75, 3.05) is 6.54 Å². The Bertz CT molecular complexity index is 245. The van der Waals surface area contributed by atoms with Gasteiger partial charge in [-0.25, -0.2) is 0 Å². The lowest BCUT2D eigenvalue weighted by Crippen LogP contribution is -2.46. The Morgan fingerprint density at radius 2 is 1.83 bits per heavy atom. The average Bonchev–Trinajstić information content (AvgIpc) is 2.24. The van der Waals surface area contributed by atoms with E-state index in [1.165, 1.54) is 32.1 Å². The van der Waals surface area contributed by atoms with Gasteiger partial charge in [0.15, 0.2) is 0 Å². The maximum atomic E-state index is 11.9. The van der Waals surface area contributed by atoms with Gasteiger partial charge in [-0.3, -0.25) is 4.79 Å². The van der Waals surface area contributed by atoms with Gasteiger partial charge in [0, 0.05) is 19.0 Å². The summed E-state index contributed by atoms with van der Waals surface area (Å²) in [5.41, 5.74) is 5.85. The third-order valence-electron chi connectivity index (χ3n) is 3.51. The maximum absolute atomic E-state index is 11.9. The van der Waals surface area contributed by atoms with E-state index < -0.39 is 0 Å². The number of nitrogens with one attached hydrogen (secondary N) is 1. The van der Waals surface area contributed by atoms with Crippen molar-refractivity contribution in [2.45, 2.75) is 65.3 Å². The second-order valence-electron chi connectivity index (χ2n) is 6.55. The van der Waals surface area contributed by atoms with Gasteiger partial charge in [0.25, 0.3) is 0 Å². The molecule has 1 saturated carbocycles. The highest BCUT2D eigenvalue weighted by molar-refractivity contribution is 5.85. The fourth-order valence-corrected chi connectivity index (χ4v) is 2.65. The van der Waals surface area contributed by atoms with Crippen molar-refractivity contribution in [3.63, 3.8) is 0 Å². The van der Waals surface area contributed by atoms with E-state index >= 15 is 0 Å². The lowest BCUT2D eigenvalue weighted by Gasteiger charge is -2.31. The number of hydrogen-bond donors (Lipinski definition) is 2. The molecule has 0 aromatic carbocycles. The molecule has 18 heavy (non-hydrogen) atoms. The summed E-state index contributed by atoms with van der Waals surface area (Å²) in [5.74, 6) is 0.746. The molecule has 1 aliphatic rings. The average molecular weight is 277 g/mol. The normalized spacial score (nSPS) is 18.9. The molecule has 0 saturated heterocycles. The monoisotopic (exact) mass is 276 g/mol. The summed E-state index contributed by atoms with van der Waals surface area (Å²) in [6.07, 6.45) is 6.93. The van der Waals surface area contributed by atoms with Crippen LogP contribution in [0.15, 0.2) is 0 Å². The van der Waals surface area contributed by atoms with Crippen LogP contribution in [0.5, 0.6) is 0 Å². The lowest BCUT2D eigenvalue weighted by molar-refractivity contribution is -0.123. The van der Waals surface area contributed by atoms with Crippen LogP contribution in [0, 0.1) is 11.3 Å². The molecule has 0 heterocycles. The molecule has 108 valence electrons. The van der Waals surface area contributed by atoms with Crippen LogP contribution in [0.1, 0.15) is 59.3 Å². The molecule has 1 rings (SSSR count). The van der Waals surface area contributed by atoms with Crippen molar-refractivity contribution in [1.82, 2.24) is 5.32 Å². The molecule has 3 nitrogen and oxygen atoms in total. The summed E-state index contributed by atoms with van der Waals surface area (Å²) in [7, 11) is 0. The van der Waals surface area contributed by atoms with Crippen molar-refractivity contribution in [3.05, 3.63) is 0 Å². The summed E-state index contributed by atoms with van der Waals surface area (Å²) >= 11 is 0. The zero-order valence-corrected chi connectivity index (χ0v) is 12.8. The Hall–Kier alpha value is -0.280. The minimum absolute atomic E-state index is 0. The number of hydrogen-bond acceptors (Lipinski definition) is 2. The zero-order valence-electron chi connectivity index (χ0n) is 12.0. The Morgan fingerprint density at radius 1 is 1.28 bits per heavy atom. The van der Waals surface area contributed by atoms with Crippen molar-refractivity contribution >= 4 is 18.3 Å². The molecule has 4 heteroatoms. The molecule has 0 aromatic heterocycles. The predicted octanol–water partition coefficient (Wildman–Crippen LogP) is 2.87. The first kappa shape index (κ1) is 17.7. The zero-order chi connectivity index (χ0) is 12.9. The van der Waals surface area contributed by atoms with Crippen LogP contribution in [0.4, 0.5) is 0 Å². The summed E-state index contributed by atoms with van der Waals surface area (Å²) in [4.78, 5) is 11.9. The number of amides is 1. The number of halogens is 1. The van der Waals surface area contributed by atoms with E-state index in [1.54, 1.807) is 0 Å². The second kappa shape index (κ2) is 8.00. The number of carbonyl (C=O) groups excluding carboxylic acids is 1. The summed E-state index contributed by atoms with van der Waals surface area (Å²) in [5, 5.41) is 3.13. The van der Waals surface area contributed by atoms with Crippen LogP contribution in [0.2, 0.25) is 0 Å². The van der Waals surface area contributed by atoms with Gasteiger partial charge in [0.05, 0.1) is 0 Å². The fourth-order valence-electron chi connectivity index (χ4n) is 2.65. The lowest BCUT2D eigenvalue weighted by atomic mass is 9.83. The Labute approximate surface area is 118 Å². The molecule has 0 spiro atoms. The van der Waals surface area contributed by atoms with Crippen LogP contribution in [-0.4, -0.2) is 18.5 Å². The molecule has 0 aromatic rings. The van der Waals surface area contributed by atoms with Crippen molar-refractivity contribution in [1.29, 1.82) is 0 Å². The van der Waals surface area contributed by atoms with Crippen LogP contribution in [0.3, 0.4) is 0 Å². The quantitative estimate of drug-likeness (QED) is 0.830. The van der Waals surface area contributed by atoms with Gasteiger partial charge in [-0.1, -0.05) is 40.0 Å². The highest BCUT2D eigenvalue weighted by Gasteiger charge is 2.25. The van der Waals surface area contributed by atoms with E-state index in [2.05, 4.69) is 26.1 Å². The van der Waals surface area contributed by atoms with Crippen LogP contribution < -0.4 is 11.1 Å². The van der Waals surface area contributed by atoms with Crippen LogP contribution >= 0.6 is 12.4 Å².